The predicted octanol–water partition coefficient (Wildman–Crippen LogP) is -0.0106. The van der Waals surface area contributed by atoms with E-state index < -0.39 is 0 Å². The third kappa shape index (κ3) is 838. The van der Waals surface area contributed by atoms with E-state index >= 15 is 0 Å². The van der Waals surface area contributed by atoms with Gasteiger partial charge in [0.15, 0.2) is 0 Å². The number of hydrogen-bond donors (Lipinski definition) is 4. The molecule has 0 aromatic rings. The van der Waals surface area contributed by atoms with Crippen LogP contribution in [0.25, 0.3) is 0 Å². The Kier molecular flexibility index (Phi) is 222. The molecule has 4 nitrogen and oxygen atoms in total. The number of hydrogen-bond acceptors (Lipinski definition) is 4. The zero-order chi connectivity index (χ0) is 10.8. The predicted molar refractivity (Wildman–Crippen MR) is 51.0 cm³/mol. The summed E-state index contributed by atoms with van der Waals surface area (Å²) in [6, 6.07) is 0. The van der Waals surface area contributed by atoms with Crippen LogP contribution < -0.4 is 0 Å². The SMILES string of the molecule is CCO.CCO.CCO.CCO.[Zr].[Zr]. The molecule has 0 aliphatic rings. The molecule has 0 aromatic heterocycles. The van der Waals surface area contributed by atoms with E-state index in [-0.39, 0.29) is 78.8 Å². The van der Waals surface area contributed by atoms with Gasteiger partial charge in [-0.25, -0.2) is 0 Å². The molecule has 0 unspecified atom stereocenters. The van der Waals surface area contributed by atoms with E-state index in [4.69, 9.17) is 20.4 Å². The van der Waals surface area contributed by atoms with E-state index in [1.807, 2.05) is 0 Å². The Bertz CT molecular complexity index is 27.3. The smallest absolute Gasteiger partial charge is 0.0402 e. The molecule has 0 fully saturated rings. The zero-order valence-corrected chi connectivity index (χ0v) is 14.5. The van der Waals surface area contributed by atoms with Crippen molar-refractivity contribution >= 4 is 0 Å². The Morgan fingerprint density at radius 1 is 0.500 bits per heavy atom. The van der Waals surface area contributed by atoms with Crippen LogP contribution in [0.2, 0.25) is 0 Å². The fourth-order valence-electron chi connectivity index (χ4n) is 0. The van der Waals surface area contributed by atoms with Crippen molar-refractivity contribution in [3.63, 3.8) is 0 Å². The molecule has 0 aromatic carbocycles. The maximum Gasteiger partial charge on any atom is 0.0402 e. The van der Waals surface area contributed by atoms with E-state index in [0.29, 0.717) is 0 Å². The normalized spacial score (nSPS) is 5.14. The van der Waals surface area contributed by atoms with Gasteiger partial charge in [0.1, 0.15) is 0 Å². The fourth-order valence-corrected chi connectivity index (χ4v) is 0. The maximum atomic E-state index is 7.57. The average Bonchev–Trinajstić information content (AvgIpc) is 1.92. The molecular weight excluding hydrogens is 343 g/mol. The van der Waals surface area contributed by atoms with Gasteiger partial charge in [-0.1, -0.05) is 0 Å². The van der Waals surface area contributed by atoms with Crippen LogP contribution >= 0.6 is 0 Å². The molecule has 0 atom stereocenters. The Morgan fingerprint density at radius 3 is 0.500 bits per heavy atom. The van der Waals surface area contributed by atoms with Crippen molar-refractivity contribution in [2.75, 3.05) is 26.4 Å². The molecule has 0 amide bonds. The quantitative estimate of drug-likeness (QED) is 0.486. The molecule has 0 bridgehead atoms. The van der Waals surface area contributed by atoms with Crippen LogP contribution in [0.1, 0.15) is 27.7 Å². The minimum Gasteiger partial charge on any atom is -0.397 e. The summed E-state index contributed by atoms with van der Waals surface area (Å²) in [5.41, 5.74) is 0. The minimum atomic E-state index is 0. The molecule has 6 heteroatoms. The summed E-state index contributed by atoms with van der Waals surface area (Å²) in [6.07, 6.45) is 0. The molecular formula is C8H24O4Zr2. The van der Waals surface area contributed by atoms with Crippen LogP contribution in [0, 0.1) is 0 Å². The zero-order valence-electron chi connectivity index (χ0n) is 9.62. The molecule has 0 aliphatic carbocycles. The molecule has 14 heavy (non-hydrogen) atoms. The Hall–Kier alpha value is 1.61. The molecule has 4 N–H and O–H groups in total. The van der Waals surface area contributed by atoms with Gasteiger partial charge in [0.05, 0.1) is 0 Å². The first-order valence-corrected chi connectivity index (χ1v) is 4.09. The Labute approximate surface area is 126 Å². The van der Waals surface area contributed by atoms with Crippen molar-refractivity contribution < 1.29 is 72.8 Å². The first kappa shape index (κ1) is 36.1. The van der Waals surface area contributed by atoms with Crippen LogP contribution in [0.4, 0.5) is 0 Å². The standard InChI is InChI=1S/4C2H6O.2Zr/c4*1-2-3;;/h4*3H,2H2,1H3;;. The second-order valence-corrected chi connectivity index (χ2v) is 1.26. The Balaban J connectivity index is -0.0000000145. The van der Waals surface area contributed by atoms with Crippen molar-refractivity contribution in [2.45, 2.75) is 27.7 Å². The van der Waals surface area contributed by atoms with E-state index in [2.05, 4.69) is 0 Å². The third-order valence-corrected chi connectivity index (χ3v) is 0. The number of rotatable bonds is 0. The molecule has 0 saturated heterocycles. The summed E-state index contributed by atoms with van der Waals surface area (Å²) in [7, 11) is 0. The first-order valence-electron chi connectivity index (χ1n) is 4.09. The summed E-state index contributed by atoms with van der Waals surface area (Å²) in [6.45, 7) is 7.72. The molecule has 0 rings (SSSR count). The van der Waals surface area contributed by atoms with Gasteiger partial charge in [0.25, 0.3) is 0 Å². The van der Waals surface area contributed by atoms with E-state index in [1.165, 1.54) is 0 Å². The second kappa shape index (κ2) is 86.0. The van der Waals surface area contributed by atoms with Crippen LogP contribution in [0.15, 0.2) is 0 Å². The fraction of sp³-hybridized carbons (Fsp3) is 1.00. The summed E-state index contributed by atoms with van der Waals surface area (Å²) in [4.78, 5) is 0. The average molecular weight is 367 g/mol. The largest absolute Gasteiger partial charge is 0.397 e. The van der Waals surface area contributed by atoms with Gasteiger partial charge < -0.3 is 20.4 Å². The van der Waals surface area contributed by atoms with E-state index in [0.717, 1.165) is 0 Å². The second-order valence-electron chi connectivity index (χ2n) is 1.26. The minimum absolute atomic E-state index is 0. The number of aliphatic hydroxyl groups excluding tert-OH is 4. The topological polar surface area (TPSA) is 80.9 Å². The van der Waals surface area contributed by atoms with Gasteiger partial charge in [-0.15, -0.1) is 0 Å². The van der Waals surface area contributed by atoms with Gasteiger partial charge in [-0.3, -0.25) is 0 Å². The summed E-state index contributed by atoms with van der Waals surface area (Å²) in [5, 5.41) is 30.3. The van der Waals surface area contributed by atoms with Crippen molar-refractivity contribution in [2.24, 2.45) is 0 Å². The van der Waals surface area contributed by atoms with Gasteiger partial charge in [0.2, 0.25) is 0 Å². The molecule has 0 heterocycles. The van der Waals surface area contributed by atoms with E-state index in [9.17, 15) is 0 Å². The summed E-state index contributed by atoms with van der Waals surface area (Å²) < 4.78 is 0. The summed E-state index contributed by atoms with van der Waals surface area (Å²) in [5.74, 6) is 0. The van der Waals surface area contributed by atoms with Crippen LogP contribution in [-0.2, 0) is 52.4 Å². The van der Waals surface area contributed by atoms with Gasteiger partial charge in [-0.05, 0) is 27.7 Å². The monoisotopic (exact) mass is 364 g/mol. The van der Waals surface area contributed by atoms with Gasteiger partial charge >= 0.3 is 0 Å². The van der Waals surface area contributed by atoms with Gasteiger partial charge in [-0.2, -0.15) is 0 Å². The molecule has 0 saturated carbocycles. The molecule has 88 valence electrons. The molecule has 0 aliphatic heterocycles. The Morgan fingerprint density at radius 2 is 0.500 bits per heavy atom. The van der Waals surface area contributed by atoms with Crippen LogP contribution in [-0.4, -0.2) is 46.9 Å². The summed E-state index contributed by atoms with van der Waals surface area (Å²) >= 11 is 0. The van der Waals surface area contributed by atoms with Crippen molar-refractivity contribution in [1.82, 2.24) is 0 Å². The first-order chi connectivity index (χ1) is 5.66. The van der Waals surface area contributed by atoms with E-state index in [1.54, 1.807) is 27.7 Å². The van der Waals surface area contributed by atoms with Crippen molar-refractivity contribution in [1.29, 1.82) is 0 Å². The van der Waals surface area contributed by atoms with Crippen molar-refractivity contribution in [3.8, 4) is 0 Å². The molecule has 0 radical (unpaired) electrons. The third-order valence-electron chi connectivity index (χ3n) is 0. The maximum absolute atomic E-state index is 7.57. The van der Waals surface area contributed by atoms with Crippen molar-refractivity contribution in [3.05, 3.63) is 0 Å². The molecule has 0 spiro atoms. The number of aliphatic hydroxyl groups is 4. The van der Waals surface area contributed by atoms with Crippen LogP contribution in [0.5, 0.6) is 0 Å². The van der Waals surface area contributed by atoms with Gasteiger partial charge in [0, 0.05) is 78.8 Å². The van der Waals surface area contributed by atoms with Crippen LogP contribution in [0.3, 0.4) is 0 Å².